The van der Waals surface area contributed by atoms with Crippen molar-refractivity contribution in [2.75, 3.05) is 6.61 Å². The Balaban J connectivity index is 2.11. The lowest BCUT2D eigenvalue weighted by Gasteiger charge is -2.29. The normalized spacial score (nSPS) is 46.3. The fourth-order valence-corrected chi connectivity index (χ4v) is 3.55. The Labute approximate surface area is 86.6 Å². The molecule has 1 N–H and O–H groups in total. The molecule has 1 aliphatic carbocycles. The van der Waals surface area contributed by atoms with Crippen molar-refractivity contribution >= 4 is 0 Å². The molecule has 0 unspecified atom stereocenters. The molecule has 1 spiro atoms. The zero-order chi connectivity index (χ0) is 10.4. The monoisotopic (exact) mass is 198 g/mol. The van der Waals surface area contributed by atoms with Gasteiger partial charge in [-0.15, -0.1) is 0 Å². The highest BCUT2D eigenvalue weighted by molar-refractivity contribution is 5.03. The first-order chi connectivity index (χ1) is 6.47. The van der Waals surface area contributed by atoms with E-state index in [9.17, 15) is 0 Å². The lowest BCUT2D eigenvalue weighted by atomic mass is 9.87. The molecule has 14 heavy (non-hydrogen) atoms. The van der Waals surface area contributed by atoms with Crippen molar-refractivity contribution in [3.05, 3.63) is 0 Å². The number of hydrogen-bond donors (Lipinski definition) is 1. The largest absolute Gasteiger partial charge is 0.394 e. The second-order valence-corrected chi connectivity index (χ2v) is 5.97. The maximum absolute atomic E-state index is 9.10. The van der Waals surface area contributed by atoms with E-state index in [-0.39, 0.29) is 18.3 Å². The number of hydrogen-bond acceptors (Lipinski definition) is 2. The molecule has 3 atom stereocenters. The first-order valence-corrected chi connectivity index (χ1v) is 5.76. The van der Waals surface area contributed by atoms with Crippen LogP contribution >= 0.6 is 0 Å². The summed E-state index contributed by atoms with van der Waals surface area (Å²) >= 11 is 0. The molecule has 2 rings (SSSR count). The Kier molecular flexibility index (Phi) is 2.39. The summed E-state index contributed by atoms with van der Waals surface area (Å²) in [4.78, 5) is 0. The number of rotatable bonds is 1. The Morgan fingerprint density at radius 3 is 2.57 bits per heavy atom. The van der Waals surface area contributed by atoms with Crippen molar-refractivity contribution < 1.29 is 9.84 Å². The van der Waals surface area contributed by atoms with E-state index in [0.29, 0.717) is 11.3 Å². The van der Waals surface area contributed by atoms with Gasteiger partial charge in [0.2, 0.25) is 0 Å². The molecule has 2 aliphatic rings. The molecule has 82 valence electrons. The van der Waals surface area contributed by atoms with Gasteiger partial charge in [-0.1, -0.05) is 20.8 Å². The van der Waals surface area contributed by atoms with E-state index < -0.39 is 0 Å². The number of aliphatic hydroxyl groups excluding tert-OH is 1. The fourth-order valence-electron chi connectivity index (χ4n) is 3.55. The van der Waals surface area contributed by atoms with Crippen LogP contribution in [-0.4, -0.2) is 23.4 Å². The second-order valence-electron chi connectivity index (χ2n) is 5.97. The van der Waals surface area contributed by atoms with Crippen LogP contribution in [0.1, 0.15) is 46.5 Å². The number of aliphatic hydroxyl groups is 1. The summed E-state index contributed by atoms with van der Waals surface area (Å²) in [6, 6.07) is 0. The van der Waals surface area contributed by atoms with Gasteiger partial charge in [-0.3, -0.25) is 0 Å². The molecule has 1 heterocycles. The van der Waals surface area contributed by atoms with Crippen molar-refractivity contribution in [2.24, 2.45) is 11.3 Å². The van der Waals surface area contributed by atoms with E-state index in [0.717, 1.165) is 19.3 Å². The van der Waals surface area contributed by atoms with Gasteiger partial charge in [0.05, 0.1) is 18.3 Å². The topological polar surface area (TPSA) is 29.5 Å². The summed E-state index contributed by atoms with van der Waals surface area (Å²) in [6.45, 7) is 7.14. The average Bonchev–Trinajstić information content (AvgIpc) is 2.56. The lowest BCUT2D eigenvalue weighted by molar-refractivity contribution is -0.0795. The minimum atomic E-state index is 0.0941. The third-order valence-electron chi connectivity index (χ3n) is 4.03. The third-order valence-corrected chi connectivity index (χ3v) is 4.03. The van der Waals surface area contributed by atoms with Gasteiger partial charge in [-0.05, 0) is 37.0 Å². The Bertz CT molecular complexity index is 224. The SMILES string of the molecule is C[C@@H]1CC(C)(C)C[C@]12CC[C@H](CO)O2. The predicted molar refractivity (Wildman–Crippen MR) is 56.1 cm³/mol. The van der Waals surface area contributed by atoms with E-state index in [4.69, 9.17) is 9.84 Å². The molecule has 0 aromatic rings. The highest BCUT2D eigenvalue weighted by Gasteiger charge is 2.52. The van der Waals surface area contributed by atoms with Crippen molar-refractivity contribution in [3.8, 4) is 0 Å². The standard InChI is InChI=1S/C12H22O2/c1-9-6-11(2,3)8-12(9)5-4-10(7-13)14-12/h9-10,13H,4-8H2,1-3H3/t9-,10-,12-/m1/s1. The molecular formula is C12H22O2. The molecule has 1 saturated heterocycles. The number of ether oxygens (including phenoxy) is 1. The lowest BCUT2D eigenvalue weighted by Crippen LogP contribution is -2.33. The van der Waals surface area contributed by atoms with Gasteiger partial charge < -0.3 is 9.84 Å². The van der Waals surface area contributed by atoms with E-state index >= 15 is 0 Å². The van der Waals surface area contributed by atoms with Crippen LogP contribution in [0.5, 0.6) is 0 Å². The highest BCUT2D eigenvalue weighted by Crippen LogP contribution is 2.54. The summed E-state index contributed by atoms with van der Waals surface area (Å²) in [6.07, 6.45) is 4.70. The molecule has 0 aromatic carbocycles. The van der Waals surface area contributed by atoms with Crippen molar-refractivity contribution in [1.29, 1.82) is 0 Å². The molecule has 1 saturated carbocycles. The van der Waals surface area contributed by atoms with Gasteiger partial charge in [0.15, 0.2) is 0 Å². The van der Waals surface area contributed by atoms with E-state index in [1.54, 1.807) is 0 Å². The zero-order valence-corrected chi connectivity index (χ0v) is 9.55. The van der Waals surface area contributed by atoms with E-state index in [2.05, 4.69) is 20.8 Å². The van der Waals surface area contributed by atoms with Gasteiger partial charge >= 0.3 is 0 Å². The van der Waals surface area contributed by atoms with Crippen LogP contribution in [0.3, 0.4) is 0 Å². The van der Waals surface area contributed by atoms with Gasteiger partial charge in [-0.25, -0.2) is 0 Å². The van der Waals surface area contributed by atoms with Crippen molar-refractivity contribution in [3.63, 3.8) is 0 Å². The van der Waals surface area contributed by atoms with E-state index in [1.807, 2.05) is 0 Å². The zero-order valence-electron chi connectivity index (χ0n) is 9.55. The Hall–Kier alpha value is -0.0800. The average molecular weight is 198 g/mol. The first kappa shape index (κ1) is 10.4. The smallest absolute Gasteiger partial charge is 0.0814 e. The molecule has 2 nitrogen and oxygen atoms in total. The quantitative estimate of drug-likeness (QED) is 0.701. The van der Waals surface area contributed by atoms with Crippen LogP contribution in [0.4, 0.5) is 0 Å². The minimum absolute atomic E-state index is 0.0941. The van der Waals surface area contributed by atoms with Crippen LogP contribution in [0, 0.1) is 11.3 Å². The third kappa shape index (κ3) is 1.59. The molecular weight excluding hydrogens is 176 g/mol. The molecule has 2 fully saturated rings. The summed E-state index contributed by atoms with van der Waals surface area (Å²) in [5.74, 6) is 0.647. The second kappa shape index (κ2) is 3.21. The highest BCUT2D eigenvalue weighted by atomic mass is 16.5. The Morgan fingerprint density at radius 1 is 1.43 bits per heavy atom. The summed E-state index contributed by atoms with van der Waals surface area (Å²) < 4.78 is 6.06. The van der Waals surface area contributed by atoms with Gasteiger partial charge in [0.1, 0.15) is 0 Å². The van der Waals surface area contributed by atoms with Crippen molar-refractivity contribution in [1.82, 2.24) is 0 Å². The van der Waals surface area contributed by atoms with Crippen molar-refractivity contribution in [2.45, 2.75) is 58.2 Å². The van der Waals surface area contributed by atoms with Gasteiger partial charge in [0, 0.05) is 0 Å². The van der Waals surface area contributed by atoms with Gasteiger partial charge in [-0.2, -0.15) is 0 Å². The summed E-state index contributed by atoms with van der Waals surface area (Å²) in [5.41, 5.74) is 0.515. The molecule has 0 bridgehead atoms. The maximum Gasteiger partial charge on any atom is 0.0814 e. The molecule has 0 radical (unpaired) electrons. The van der Waals surface area contributed by atoms with Crippen LogP contribution in [0.15, 0.2) is 0 Å². The molecule has 2 heteroatoms. The summed E-state index contributed by atoms with van der Waals surface area (Å²) in [5, 5.41) is 9.10. The predicted octanol–water partition coefficient (Wildman–Crippen LogP) is 2.35. The molecule has 0 aromatic heterocycles. The van der Waals surface area contributed by atoms with Gasteiger partial charge in [0.25, 0.3) is 0 Å². The first-order valence-electron chi connectivity index (χ1n) is 5.76. The molecule has 0 amide bonds. The van der Waals surface area contributed by atoms with Crippen LogP contribution in [-0.2, 0) is 4.74 Å². The molecule has 1 aliphatic heterocycles. The summed E-state index contributed by atoms with van der Waals surface area (Å²) in [7, 11) is 0. The van der Waals surface area contributed by atoms with E-state index in [1.165, 1.54) is 6.42 Å². The van der Waals surface area contributed by atoms with Crippen LogP contribution in [0.25, 0.3) is 0 Å². The fraction of sp³-hybridized carbons (Fsp3) is 1.00. The van der Waals surface area contributed by atoms with Crippen LogP contribution in [0.2, 0.25) is 0 Å². The Morgan fingerprint density at radius 2 is 2.14 bits per heavy atom. The maximum atomic E-state index is 9.10. The minimum Gasteiger partial charge on any atom is -0.394 e. The van der Waals surface area contributed by atoms with Crippen LogP contribution < -0.4 is 0 Å².